The Morgan fingerprint density at radius 1 is 1.27 bits per heavy atom. The minimum absolute atomic E-state index is 0.259. The van der Waals surface area contributed by atoms with Crippen molar-refractivity contribution in [2.75, 3.05) is 37.7 Å². The average Bonchev–Trinajstić information content (AvgIpc) is 2.91. The predicted molar refractivity (Wildman–Crippen MR) is 86.9 cm³/mol. The number of hydrogen-bond acceptors (Lipinski definition) is 4. The largest absolute Gasteiger partial charge is 0.450 e. The lowest BCUT2D eigenvalue weighted by atomic mass is 10.3. The van der Waals surface area contributed by atoms with Gasteiger partial charge in [-0.1, -0.05) is 23.2 Å². The summed E-state index contributed by atoms with van der Waals surface area (Å²) in [4.78, 5) is 23.3. The van der Waals surface area contributed by atoms with Crippen LogP contribution in [0, 0.1) is 0 Å². The molecule has 1 saturated heterocycles. The molecule has 0 aliphatic carbocycles. The number of carbonyl (C=O) groups excluding carboxylic acids is 1. The number of nitrogens with zero attached hydrogens (tertiary/aromatic N) is 3. The highest BCUT2D eigenvalue weighted by molar-refractivity contribution is 6.42. The maximum atomic E-state index is 11.7. The lowest BCUT2D eigenvalue weighted by Crippen LogP contribution is -2.49. The Kier molecular flexibility index (Phi) is 4.31. The second kappa shape index (κ2) is 6.22. The zero-order valence-electron chi connectivity index (χ0n) is 12.1. The molecule has 1 aliphatic heterocycles. The third-order valence-corrected chi connectivity index (χ3v) is 4.34. The number of rotatable bonds is 2. The fourth-order valence-electron chi connectivity index (χ4n) is 2.46. The molecular weight excluding hydrogens is 327 g/mol. The van der Waals surface area contributed by atoms with Crippen LogP contribution in [0.4, 0.5) is 10.7 Å². The highest BCUT2D eigenvalue weighted by atomic mass is 35.5. The highest BCUT2D eigenvalue weighted by Gasteiger charge is 2.23. The lowest BCUT2D eigenvalue weighted by molar-refractivity contribution is 0.105. The molecule has 0 spiro atoms. The van der Waals surface area contributed by atoms with Gasteiger partial charge in [-0.3, -0.25) is 0 Å². The van der Waals surface area contributed by atoms with Crippen molar-refractivity contribution in [1.29, 1.82) is 0 Å². The molecule has 6 nitrogen and oxygen atoms in total. The summed E-state index contributed by atoms with van der Waals surface area (Å²) in [5, 5.41) is 0.982. The first-order chi connectivity index (χ1) is 10.6. The molecule has 0 bridgehead atoms. The van der Waals surface area contributed by atoms with Crippen LogP contribution in [0.1, 0.15) is 6.92 Å². The molecule has 3 rings (SSSR count). The lowest BCUT2D eigenvalue weighted by Gasteiger charge is -2.33. The summed E-state index contributed by atoms with van der Waals surface area (Å²) in [5.74, 6) is 0.761. The molecule has 1 N–H and O–H groups in total. The minimum atomic E-state index is -0.259. The summed E-state index contributed by atoms with van der Waals surface area (Å²) in [6, 6.07) is 3.51. The van der Waals surface area contributed by atoms with E-state index in [1.54, 1.807) is 24.0 Å². The van der Waals surface area contributed by atoms with Crippen LogP contribution in [-0.2, 0) is 4.74 Å². The van der Waals surface area contributed by atoms with Gasteiger partial charge in [0.05, 0.1) is 27.7 Å². The maximum absolute atomic E-state index is 11.7. The molecule has 1 fully saturated rings. The van der Waals surface area contributed by atoms with Gasteiger partial charge in [0.25, 0.3) is 0 Å². The summed E-state index contributed by atoms with van der Waals surface area (Å²) in [5.41, 5.74) is 1.62. The summed E-state index contributed by atoms with van der Waals surface area (Å²) in [7, 11) is 0. The number of imidazole rings is 1. The van der Waals surface area contributed by atoms with Crippen molar-refractivity contribution in [3.05, 3.63) is 22.2 Å². The average molecular weight is 343 g/mol. The molecule has 2 heterocycles. The standard InChI is InChI=1S/C14H16Cl2N4O2/c1-2-22-14(21)20-5-3-19(4-6-20)13-17-11-7-9(15)10(16)8-12(11)18-13/h7-8H,2-6H2,1H3,(H,17,18). The van der Waals surface area contributed by atoms with Crippen LogP contribution in [0.25, 0.3) is 11.0 Å². The minimum Gasteiger partial charge on any atom is -0.450 e. The zero-order chi connectivity index (χ0) is 15.7. The number of amides is 1. The summed E-state index contributed by atoms with van der Waals surface area (Å²) in [6.45, 7) is 4.80. The number of nitrogens with one attached hydrogen (secondary N) is 1. The number of fused-ring (bicyclic) bond motifs is 1. The third-order valence-electron chi connectivity index (χ3n) is 3.62. The van der Waals surface area contributed by atoms with E-state index in [1.807, 2.05) is 0 Å². The number of carbonyl (C=O) groups is 1. The molecule has 118 valence electrons. The van der Waals surface area contributed by atoms with Gasteiger partial charge in [-0.05, 0) is 19.1 Å². The normalized spacial score (nSPS) is 15.4. The second-order valence-electron chi connectivity index (χ2n) is 5.02. The molecular formula is C14H16Cl2N4O2. The molecule has 1 aromatic carbocycles. The number of hydrogen-bond donors (Lipinski definition) is 1. The van der Waals surface area contributed by atoms with Crippen LogP contribution >= 0.6 is 23.2 Å². The number of benzene rings is 1. The van der Waals surface area contributed by atoms with E-state index in [0.717, 1.165) is 17.0 Å². The van der Waals surface area contributed by atoms with Crippen LogP contribution in [0.3, 0.4) is 0 Å². The topological polar surface area (TPSA) is 61.5 Å². The Morgan fingerprint density at radius 2 is 1.95 bits per heavy atom. The van der Waals surface area contributed by atoms with E-state index in [2.05, 4.69) is 14.9 Å². The Bertz CT molecular complexity index is 656. The molecule has 1 aliphatic rings. The van der Waals surface area contributed by atoms with E-state index in [4.69, 9.17) is 27.9 Å². The van der Waals surface area contributed by atoms with Crippen molar-refractivity contribution in [2.24, 2.45) is 0 Å². The maximum Gasteiger partial charge on any atom is 0.409 e. The van der Waals surface area contributed by atoms with Crippen molar-refractivity contribution < 1.29 is 9.53 Å². The number of ether oxygens (including phenoxy) is 1. The molecule has 8 heteroatoms. The number of aromatic amines is 1. The van der Waals surface area contributed by atoms with Gasteiger partial charge in [0.15, 0.2) is 0 Å². The van der Waals surface area contributed by atoms with Gasteiger partial charge in [0.2, 0.25) is 5.95 Å². The van der Waals surface area contributed by atoms with Gasteiger partial charge in [0, 0.05) is 26.2 Å². The van der Waals surface area contributed by atoms with Crippen LogP contribution in [0.15, 0.2) is 12.1 Å². The van der Waals surface area contributed by atoms with Gasteiger partial charge in [0.1, 0.15) is 0 Å². The van der Waals surface area contributed by atoms with E-state index < -0.39 is 0 Å². The van der Waals surface area contributed by atoms with Gasteiger partial charge in [-0.25, -0.2) is 9.78 Å². The van der Waals surface area contributed by atoms with Crippen molar-refractivity contribution in [2.45, 2.75) is 6.92 Å². The van der Waals surface area contributed by atoms with Crippen LogP contribution in [0.2, 0.25) is 10.0 Å². The van der Waals surface area contributed by atoms with E-state index in [-0.39, 0.29) is 6.09 Å². The number of piperazine rings is 1. The molecule has 2 aromatic rings. The van der Waals surface area contributed by atoms with Crippen molar-refractivity contribution in [3.63, 3.8) is 0 Å². The van der Waals surface area contributed by atoms with Crippen molar-refractivity contribution in [3.8, 4) is 0 Å². The van der Waals surface area contributed by atoms with Crippen molar-refractivity contribution in [1.82, 2.24) is 14.9 Å². The molecule has 0 atom stereocenters. The monoisotopic (exact) mass is 342 g/mol. The Hall–Kier alpha value is -1.66. The van der Waals surface area contributed by atoms with Gasteiger partial charge in [-0.2, -0.15) is 0 Å². The third kappa shape index (κ3) is 2.94. The van der Waals surface area contributed by atoms with Gasteiger partial charge < -0.3 is 19.5 Å². The van der Waals surface area contributed by atoms with Crippen LogP contribution < -0.4 is 4.90 Å². The van der Waals surface area contributed by atoms with E-state index in [0.29, 0.717) is 42.8 Å². The molecule has 0 saturated carbocycles. The number of H-pyrrole nitrogens is 1. The molecule has 0 unspecified atom stereocenters. The molecule has 1 aromatic heterocycles. The number of anilines is 1. The Labute approximate surface area is 137 Å². The van der Waals surface area contributed by atoms with E-state index in [1.165, 1.54) is 0 Å². The summed E-state index contributed by atoms with van der Waals surface area (Å²) < 4.78 is 5.01. The van der Waals surface area contributed by atoms with E-state index in [9.17, 15) is 4.79 Å². The Morgan fingerprint density at radius 3 is 2.64 bits per heavy atom. The van der Waals surface area contributed by atoms with Crippen LogP contribution in [-0.4, -0.2) is 53.7 Å². The molecule has 1 amide bonds. The summed E-state index contributed by atoms with van der Waals surface area (Å²) in [6.07, 6.45) is -0.259. The first-order valence-corrected chi connectivity index (χ1v) is 7.85. The van der Waals surface area contributed by atoms with Gasteiger partial charge in [-0.15, -0.1) is 0 Å². The molecule has 0 radical (unpaired) electrons. The zero-order valence-corrected chi connectivity index (χ0v) is 13.6. The van der Waals surface area contributed by atoms with E-state index >= 15 is 0 Å². The quantitative estimate of drug-likeness (QED) is 0.910. The molecule has 22 heavy (non-hydrogen) atoms. The Balaban J connectivity index is 1.72. The second-order valence-corrected chi connectivity index (χ2v) is 5.83. The smallest absolute Gasteiger partial charge is 0.409 e. The summed E-state index contributed by atoms with van der Waals surface area (Å²) >= 11 is 12.0. The first-order valence-electron chi connectivity index (χ1n) is 7.10. The highest BCUT2D eigenvalue weighted by Crippen LogP contribution is 2.28. The fraction of sp³-hybridized carbons (Fsp3) is 0.429. The van der Waals surface area contributed by atoms with Crippen molar-refractivity contribution >= 4 is 46.3 Å². The fourth-order valence-corrected chi connectivity index (χ4v) is 2.78. The number of halogens is 2. The first kappa shape index (κ1) is 15.2. The van der Waals surface area contributed by atoms with Gasteiger partial charge >= 0.3 is 6.09 Å². The SMILES string of the molecule is CCOC(=O)N1CCN(c2nc3cc(Cl)c(Cl)cc3[nH]2)CC1. The van der Waals surface area contributed by atoms with Crippen LogP contribution in [0.5, 0.6) is 0 Å². The predicted octanol–water partition coefficient (Wildman–Crippen LogP) is 3.15. The number of aromatic nitrogens is 2.